The molecule has 39 heavy (non-hydrogen) atoms. The van der Waals surface area contributed by atoms with Crippen molar-refractivity contribution in [2.45, 2.75) is 84.2 Å². The molecule has 2 saturated heterocycles. The van der Waals surface area contributed by atoms with Gasteiger partial charge in [0.05, 0.1) is 13.1 Å². The number of carbonyl (C=O) groups is 1. The number of imidazole rings is 2. The summed E-state index contributed by atoms with van der Waals surface area (Å²) in [5.74, 6) is 1.18. The number of hydrogen-bond acceptors (Lipinski definition) is 6. The molecule has 0 aliphatic carbocycles. The van der Waals surface area contributed by atoms with Crippen molar-refractivity contribution in [1.82, 2.24) is 34.6 Å². The maximum atomic E-state index is 12.6. The second kappa shape index (κ2) is 12.4. The second-order valence-corrected chi connectivity index (χ2v) is 11.4. The number of piperidine rings is 1. The lowest BCUT2D eigenvalue weighted by Gasteiger charge is -2.45. The van der Waals surface area contributed by atoms with Gasteiger partial charge in [-0.25, -0.2) is 9.97 Å². The Bertz CT molecular complexity index is 1110. The number of aliphatic carboxylic acids is 1. The quantitative estimate of drug-likeness (QED) is 0.319. The van der Waals surface area contributed by atoms with Crippen molar-refractivity contribution in [3.8, 4) is 0 Å². The summed E-state index contributed by atoms with van der Waals surface area (Å²) in [4.78, 5) is 34.8. The fraction of sp³-hybridized carbons (Fsp3) is 0.567. The van der Waals surface area contributed by atoms with Crippen molar-refractivity contribution in [2.24, 2.45) is 5.41 Å². The van der Waals surface area contributed by atoms with Crippen molar-refractivity contribution in [1.29, 1.82) is 0 Å². The summed E-state index contributed by atoms with van der Waals surface area (Å²) in [7, 11) is 0. The molecule has 1 unspecified atom stereocenters. The van der Waals surface area contributed by atoms with Gasteiger partial charge in [-0.2, -0.15) is 0 Å². The summed E-state index contributed by atoms with van der Waals surface area (Å²) < 4.78 is 0. The highest BCUT2D eigenvalue weighted by molar-refractivity contribution is 5.75. The third-order valence-corrected chi connectivity index (χ3v) is 9.00. The van der Waals surface area contributed by atoms with Crippen LogP contribution in [0.25, 0.3) is 0 Å². The van der Waals surface area contributed by atoms with Crippen LogP contribution in [0.3, 0.4) is 0 Å². The topological polar surface area (TPSA) is 104 Å². The molecule has 3 N–H and O–H groups in total. The molecule has 2 aromatic heterocycles. The zero-order valence-corrected chi connectivity index (χ0v) is 23.4. The highest BCUT2D eigenvalue weighted by Crippen LogP contribution is 2.46. The van der Waals surface area contributed by atoms with Crippen LogP contribution in [0.4, 0.5) is 0 Å². The molecule has 9 heteroatoms. The Balaban J connectivity index is 1.22. The van der Waals surface area contributed by atoms with E-state index in [0.717, 1.165) is 69.9 Å². The number of benzene rings is 1. The lowest BCUT2D eigenvalue weighted by Crippen LogP contribution is -2.52. The lowest BCUT2D eigenvalue weighted by atomic mass is 9.72. The number of rotatable bonds is 12. The molecule has 0 saturated carbocycles. The first-order valence-electron chi connectivity index (χ1n) is 14.5. The van der Waals surface area contributed by atoms with Crippen LogP contribution in [0, 0.1) is 5.41 Å². The number of likely N-dealkylation sites (tertiary alicyclic amines) is 2. The Hall–Kier alpha value is -3.01. The molecular weight excluding hydrogens is 490 g/mol. The highest BCUT2D eigenvalue weighted by Gasteiger charge is 2.52. The zero-order valence-electron chi connectivity index (χ0n) is 23.4. The number of hydrogen-bond donors (Lipinski definition) is 3. The molecule has 2 fully saturated rings. The van der Waals surface area contributed by atoms with E-state index >= 15 is 0 Å². The maximum Gasteiger partial charge on any atom is 0.321 e. The minimum atomic E-state index is -0.661. The van der Waals surface area contributed by atoms with E-state index in [4.69, 9.17) is 0 Å². The monoisotopic (exact) mass is 533 g/mol. The predicted octanol–water partition coefficient (Wildman–Crippen LogP) is 4.26. The maximum absolute atomic E-state index is 12.6. The van der Waals surface area contributed by atoms with Gasteiger partial charge in [0.1, 0.15) is 17.7 Å². The van der Waals surface area contributed by atoms with E-state index in [2.05, 4.69) is 72.7 Å². The number of carboxylic acids is 1. The van der Waals surface area contributed by atoms with E-state index in [1.807, 2.05) is 12.4 Å². The number of carboxylic acid groups (broad SMARTS) is 1. The molecule has 1 aromatic carbocycles. The Labute approximate surface area is 231 Å². The molecule has 1 spiro atoms. The molecular formula is C30H43N7O2. The van der Waals surface area contributed by atoms with Crippen LogP contribution in [-0.2, 0) is 31.0 Å². The molecule has 0 radical (unpaired) electrons. The number of aromatic amines is 2. The zero-order chi connectivity index (χ0) is 27.2. The Morgan fingerprint density at radius 2 is 1.51 bits per heavy atom. The van der Waals surface area contributed by atoms with Gasteiger partial charge < -0.3 is 20.0 Å². The normalized spacial score (nSPS) is 19.9. The van der Waals surface area contributed by atoms with E-state index < -0.39 is 12.0 Å². The molecule has 0 amide bonds. The molecule has 4 heterocycles. The molecule has 2 aliphatic rings. The fourth-order valence-electron chi connectivity index (χ4n) is 6.87. The van der Waals surface area contributed by atoms with Crippen LogP contribution in [0.5, 0.6) is 0 Å². The molecule has 210 valence electrons. The first-order chi connectivity index (χ1) is 19.0. The van der Waals surface area contributed by atoms with Crippen LogP contribution in [0.1, 0.15) is 68.7 Å². The van der Waals surface area contributed by atoms with E-state index in [9.17, 15) is 9.90 Å². The summed E-state index contributed by atoms with van der Waals surface area (Å²) in [6, 6.07) is 8.87. The fourth-order valence-corrected chi connectivity index (χ4v) is 6.87. The Morgan fingerprint density at radius 3 is 2.03 bits per heavy atom. The van der Waals surface area contributed by atoms with Gasteiger partial charge in [-0.15, -0.1) is 0 Å². The van der Waals surface area contributed by atoms with Crippen molar-refractivity contribution in [3.63, 3.8) is 0 Å². The van der Waals surface area contributed by atoms with Crippen molar-refractivity contribution in [2.75, 3.05) is 19.6 Å². The average molecular weight is 534 g/mol. The Morgan fingerprint density at radius 1 is 0.949 bits per heavy atom. The minimum Gasteiger partial charge on any atom is -0.480 e. The van der Waals surface area contributed by atoms with Crippen LogP contribution in [0.2, 0.25) is 0 Å². The van der Waals surface area contributed by atoms with Crippen molar-refractivity contribution >= 4 is 5.97 Å². The van der Waals surface area contributed by atoms with Gasteiger partial charge in [-0.1, -0.05) is 38.1 Å². The van der Waals surface area contributed by atoms with Gasteiger partial charge >= 0.3 is 5.97 Å². The number of aromatic nitrogens is 4. The standard InChI is InChI=1S/C30H43N7O2/c1-3-25(4-2)36-16-9-30(10-17-36)11-18-37(28(30)29(38)39)20-24-7-5-23(6-8-24)19-35(21-26-31-12-13-32-26)22-27-33-14-15-34-27/h5-8,12-15,25,28H,3-4,9-11,16-22H2,1-2H3,(H,31,32)(H,33,34)(H,38,39). The van der Waals surface area contributed by atoms with E-state index in [0.29, 0.717) is 25.7 Å². The summed E-state index contributed by atoms with van der Waals surface area (Å²) in [6.45, 7) is 10.2. The molecule has 3 aromatic rings. The molecule has 9 nitrogen and oxygen atoms in total. The van der Waals surface area contributed by atoms with Gasteiger partial charge in [0.15, 0.2) is 0 Å². The van der Waals surface area contributed by atoms with E-state index in [-0.39, 0.29) is 5.41 Å². The van der Waals surface area contributed by atoms with Crippen LogP contribution in [-0.4, -0.2) is 77.4 Å². The largest absolute Gasteiger partial charge is 0.480 e. The van der Waals surface area contributed by atoms with Crippen LogP contribution < -0.4 is 0 Å². The SMILES string of the molecule is CCC(CC)N1CCC2(CC1)CCN(Cc1ccc(CN(Cc3ncc[nH]3)Cc3ncc[nH]3)cc1)C2C(=O)O. The third kappa shape index (κ3) is 6.42. The first kappa shape index (κ1) is 27.6. The highest BCUT2D eigenvalue weighted by atomic mass is 16.4. The Kier molecular flexibility index (Phi) is 8.79. The van der Waals surface area contributed by atoms with Crippen LogP contribution >= 0.6 is 0 Å². The van der Waals surface area contributed by atoms with E-state index in [1.54, 1.807) is 12.4 Å². The van der Waals surface area contributed by atoms with Gasteiger partial charge in [-0.05, 0) is 62.9 Å². The summed E-state index contributed by atoms with van der Waals surface area (Å²) in [5.41, 5.74) is 2.27. The summed E-state index contributed by atoms with van der Waals surface area (Å²) in [6.07, 6.45) is 12.5. The smallest absolute Gasteiger partial charge is 0.321 e. The van der Waals surface area contributed by atoms with Gasteiger partial charge in [0.25, 0.3) is 0 Å². The average Bonchev–Trinajstić information content (AvgIpc) is 3.70. The van der Waals surface area contributed by atoms with E-state index in [1.165, 1.54) is 11.1 Å². The van der Waals surface area contributed by atoms with Crippen molar-refractivity contribution in [3.05, 3.63) is 71.8 Å². The molecule has 2 aliphatic heterocycles. The van der Waals surface area contributed by atoms with Gasteiger partial charge in [0.2, 0.25) is 0 Å². The number of nitrogens with zero attached hydrogens (tertiary/aromatic N) is 5. The molecule has 1 atom stereocenters. The number of H-pyrrole nitrogens is 2. The van der Waals surface area contributed by atoms with Crippen molar-refractivity contribution < 1.29 is 9.90 Å². The molecule has 0 bridgehead atoms. The predicted molar refractivity (Wildman–Crippen MR) is 151 cm³/mol. The lowest BCUT2D eigenvalue weighted by molar-refractivity contribution is -0.147. The third-order valence-electron chi connectivity index (χ3n) is 9.00. The second-order valence-electron chi connectivity index (χ2n) is 11.4. The first-order valence-corrected chi connectivity index (χ1v) is 14.5. The molecule has 5 rings (SSSR count). The number of nitrogens with one attached hydrogen (secondary N) is 2. The van der Waals surface area contributed by atoms with Gasteiger partial charge in [-0.3, -0.25) is 14.6 Å². The van der Waals surface area contributed by atoms with Gasteiger partial charge in [0, 0.05) is 49.3 Å². The summed E-state index contributed by atoms with van der Waals surface area (Å²) in [5, 5.41) is 10.3. The van der Waals surface area contributed by atoms with Crippen LogP contribution in [0.15, 0.2) is 49.1 Å². The summed E-state index contributed by atoms with van der Waals surface area (Å²) >= 11 is 0. The minimum absolute atomic E-state index is 0.105.